The van der Waals surface area contributed by atoms with Crippen LogP contribution in [0.25, 0.3) is 0 Å². The summed E-state index contributed by atoms with van der Waals surface area (Å²) in [5, 5.41) is 5.29. The topological polar surface area (TPSA) is 32.3 Å². The molecular weight excluding hydrogens is 304 g/mol. The molecule has 3 nitrogen and oxygen atoms in total. The van der Waals surface area contributed by atoms with Crippen molar-refractivity contribution in [3.63, 3.8) is 0 Å². The summed E-state index contributed by atoms with van der Waals surface area (Å²) in [7, 11) is 0. The number of thiophene rings is 1. The Balaban J connectivity index is 1.41. The van der Waals surface area contributed by atoms with E-state index < -0.39 is 0 Å². The normalized spacial score (nSPS) is 22.8. The molecule has 1 amide bonds. The van der Waals surface area contributed by atoms with Gasteiger partial charge in [0, 0.05) is 30.6 Å². The van der Waals surface area contributed by atoms with Gasteiger partial charge in [0.1, 0.15) is 0 Å². The average molecular weight is 333 g/mol. The van der Waals surface area contributed by atoms with Gasteiger partial charge in [-0.05, 0) is 62.4 Å². The summed E-state index contributed by atoms with van der Waals surface area (Å²) < 4.78 is 0. The lowest BCUT2D eigenvalue weighted by molar-refractivity contribution is -0.116. The van der Waals surface area contributed by atoms with E-state index in [9.17, 15) is 4.79 Å². The molecule has 2 heterocycles. The SMILES string of the molecule is O=C(C=C1CCCCC1)NC[C@@H]1CCCN(Cc2cccs2)C1. The summed E-state index contributed by atoms with van der Waals surface area (Å²) in [4.78, 5) is 16.1. The van der Waals surface area contributed by atoms with Crippen LogP contribution in [-0.2, 0) is 11.3 Å². The maximum absolute atomic E-state index is 12.1. The summed E-state index contributed by atoms with van der Waals surface area (Å²) in [5.74, 6) is 0.717. The second kappa shape index (κ2) is 8.65. The highest BCUT2D eigenvalue weighted by Crippen LogP contribution is 2.23. The first-order valence-corrected chi connectivity index (χ1v) is 9.89. The Morgan fingerprint density at radius 3 is 2.96 bits per heavy atom. The number of hydrogen-bond donors (Lipinski definition) is 1. The summed E-state index contributed by atoms with van der Waals surface area (Å²) >= 11 is 1.84. The van der Waals surface area contributed by atoms with E-state index in [-0.39, 0.29) is 5.91 Å². The Hall–Kier alpha value is -1.13. The molecule has 0 spiro atoms. The molecular formula is C19H28N2OS. The molecule has 1 aliphatic carbocycles. The van der Waals surface area contributed by atoms with Gasteiger partial charge in [0.15, 0.2) is 0 Å². The van der Waals surface area contributed by atoms with Crippen LogP contribution in [0, 0.1) is 5.92 Å². The van der Waals surface area contributed by atoms with Gasteiger partial charge in [-0.2, -0.15) is 0 Å². The van der Waals surface area contributed by atoms with Crippen molar-refractivity contribution in [2.24, 2.45) is 5.92 Å². The van der Waals surface area contributed by atoms with Crippen molar-refractivity contribution in [2.75, 3.05) is 19.6 Å². The smallest absolute Gasteiger partial charge is 0.243 e. The minimum absolute atomic E-state index is 0.122. The third-order valence-corrected chi connectivity index (χ3v) is 5.82. The Morgan fingerprint density at radius 2 is 2.17 bits per heavy atom. The average Bonchev–Trinajstić information content (AvgIpc) is 3.07. The standard InChI is InChI=1S/C19H28N2OS/c22-19(12-16-6-2-1-3-7-16)20-13-17-8-4-10-21(14-17)15-18-9-5-11-23-18/h5,9,11-12,17H,1-4,6-8,10,13-15H2,(H,20,22)/t17-/m0/s1. The van der Waals surface area contributed by atoms with E-state index in [1.54, 1.807) is 0 Å². The molecule has 1 atom stereocenters. The summed E-state index contributed by atoms with van der Waals surface area (Å²) in [6.07, 6.45) is 10.4. The Labute approximate surface area is 143 Å². The fourth-order valence-electron chi connectivity index (χ4n) is 3.72. The number of rotatable bonds is 5. The lowest BCUT2D eigenvalue weighted by Crippen LogP contribution is -2.40. The van der Waals surface area contributed by atoms with Crippen molar-refractivity contribution >= 4 is 17.2 Å². The Bertz CT molecular complexity index is 515. The molecule has 1 aromatic heterocycles. The van der Waals surface area contributed by atoms with Gasteiger partial charge in [0.2, 0.25) is 5.91 Å². The van der Waals surface area contributed by atoms with Gasteiger partial charge in [-0.3, -0.25) is 9.69 Å². The number of nitrogens with zero attached hydrogens (tertiary/aromatic N) is 1. The van der Waals surface area contributed by atoms with Gasteiger partial charge in [0.25, 0.3) is 0 Å². The van der Waals surface area contributed by atoms with Crippen molar-refractivity contribution in [3.8, 4) is 0 Å². The molecule has 2 fully saturated rings. The van der Waals surface area contributed by atoms with E-state index in [1.165, 1.54) is 49.1 Å². The number of allylic oxidation sites excluding steroid dienone is 1. The number of carbonyl (C=O) groups is 1. The third-order valence-electron chi connectivity index (χ3n) is 4.96. The van der Waals surface area contributed by atoms with Gasteiger partial charge in [0.05, 0.1) is 0 Å². The van der Waals surface area contributed by atoms with Crippen LogP contribution in [0.15, 0.2) is 29.2 Å². The maximum Gasteiger partial charge on any atom is 0.243 e. The van der Waals surface area contributed by atoms with Gasteiger partial charge < -0.3 is 5.32 Å². The molecule has 1 N–H and O–H groups in total. The number of piperidine rings is 1. The maximum atomic E-state index is 12.1. The van der Waals surface area contributed by atoms with Crippen molar-refractivity contribution in [1.29, 1.82) is 0 Å². The first kappa shape index (κ1) is 16.7. The van der Waals surface area contributed by atoms with E-state index >= 15 is 0 Å². The molecule has 0 unspecified atom stereocenters. The summed E-state index contributed by atoms with van der Waals surface area (Å²) in [5.41, 5.74) is 1.34. The number of amides is 1. The van der Waals surface area contributed by atoms with Crippen molar-refractivity contribution in [2.45, 2.75) is 51.5 Å². The van der Waals surface area contributed by atoms with Crippen LogP contribution < -0.4 is 5.32 Å². The second-order valence-corrected chi connectivity index (χ2v) is 7.96. The van der Waals surface area contributed by atoms with Crippen LogP contribution in [0.4, 0.5) is 0 Å². The van der Waals surface area contributed by atoms with Gasteiger partial charge in [-0.25, -0.2) is 0 Å². The molecule has 1 saturated heterocycles. The zero-order valence-corrected chi connectivity index (χ0v) is 14.7. The van der Waals surface area contributed by atoms with E-state index in [1.807, 2.05) is 17.4 Å². The van der Waals surface area contributed by atoms with Gasteiger partial charge in [-0.15, -0.1) is 11.3 Å². The Kier molecular flexibility index (Phi) is 6.29. The van der Waals surface area contributed by atoms with Crippen molar-refractivity contribution in [3.05, 3.63) is 34.0 Å². The highest BCUT2D eigenvalue weighted by molar-refractivity contribution is 7.09. The molecule has 2 aliphatic rings. The van der Waals surface area contributed by atoms with Gasteiger partial charge >= 0.3 is 0 Å². The molecule has 0 bridgehead atoms. The fourth-order valence-corrected chi connectivity index (χ4v) is 4.46. The van der Waals surface area contributed by atoms with E-state index in [2.05, 4.69) is 27.7 Å². The minimum Gasteiger partial charge on any atom is -0.352 e. The number of hydrogen-bond acceptors (Lipinski definition) is 3. The van der Waals surface area contributed by atoms with Crippen LogP contribution in [-0.4, -0.2) is 30.4 Å². The molecule has 1 aromatic rings. The highest BCUT2D eigenvalue weighted by Gasteiger charge is 2.20. The number of nitrogens with one attached hydrogen (secondary N) is 1. The first-order valence-electron chi connectivity index (χ1n) is 9.01. The number of likely N-dealkylation sites (tertiary alicyclic amines) is 1. The van der Waals surface area contributed by atoms with E-state index in [0.29, 0.717) is 5.92 Å². The summed E-state index contributed by atoms with van der Waals surface area (Å²) in [6.45, 7) is 4.18. The highest BCUT2D eigenvalue weighted by atomic mass is 32.1. The molecule has 0 aromatic carbocycles. The third kappa shape index (κ3) is 5.47. The van der Waals surface area contributed by atoms with Crippen molar-refractivity contribution in [1.82, 2.24) is 10.2 Å². The Morgan fingerprint density at radius 1 is 1.30 bits per heavy atom. The molecule has 0 radical (unpaired) electrons. The quantitative estimate of drug-likeness (QED) is 0.828. The van der Waals surface area contributed by atoms with Crippen LogP contribution in [0.2, 0.25) is 0 Å². The zero-order valence-electron chi connectivity index (χ0n) is 13.9. The molecule has 3 rings (SSSR count). The van der Waals surface area contributed by atoms with E-state index in [4.69, 9.17) is 0 Å². The molecule has 1 aliphatic heterocycles. The van der Waals surface area contributed by atoms with Crippen LogP contribution in [0.5, 0.6) is 0 Å². The van der Waals surface area contributed by atoms with E-state index in [0.717, 1.165) is 32.5 Å². The number of carbonyl (C=O) groups excluding carboxylic acids is 1. The zero-order chi connectivity index (χ0) is 15.9. The monoisotopic (exact) mass is 332 g/mol. The minimum atomic E-state index is 0.122. The first-order chi connectivity index (χ1) is 11.3. The van der Waals surface area contributed by atoms with Crippen LogP contribution >= 0.6 is 11.3 Å². The molecule has 4 heteroatoms. The molecule has 1 saturated carbocycles. The van der Waals surface area contributed by atoms with Crippen molar-refractivity contribution < 1.29 is 4.79 Å². The molecule has 126 valence electrons. The fraction of sp³-hybridized carbons (Fsp3) is 0.632. The summed E-state index contributed by atoms with van der Waals surface area (Å²) in [6, 6.07) is 4.34. The van der Waals surface area contributed by atoms with Crippen LogP contribution in [0.1, 0.15) is 49.8 Å². The molecule has 23 heavy (non-hydrogen) atoms. The van der Waals surface area contributed by atoms with Crippen LogP contribution in [0.3, 0.4) is 0 Å². The predicted molar refractivity (Wildman–Crippen MR) is 96.5 cm³/mol. The lowest BCUT2D eigenvalue weighted by atomic mass is 9.94. The lowest BCUT2D eigenvalue weighted by Gasteiger charge is -2.32. The second-order valence-electron chi connectivity index (χ2n) is 6.93. The predicted octanol–water partition coefficient (Wildman–Crippen LogP) is 3.97. The van der Waals surface area contributed by atoms with Gasteiger partial charge in [-0.1, -0.05) is 18.1 Å². The largest absolute Gasteiger partial charge is 0.352 e.